The summed E-state index contributed by atoms with van der Waals surface area (Å²) in [6.45, 7) is 10.4. The first-order valence-electron chi connectivity index (χ1n) is 7.51. The Labute approximate surface area is 139 Å². The van der Waals surface area contributed by atoms with Crippen molar-refractivity contribution in [3.05, 3.63) is 15.5 Å². The highest BCUT2D eigenvalue weighted by atomic mass is 127. The van der Waals surface area contributed by atoms with E-state index in [-0.39, 0.29) is 6.09 Å². The van der Waals surface area contributed by atoms with Crippen molar-refractivity contribution in [2.24, 2.45) is 11.8 Å². The standard InChI is InChI=1S/C15H22IN3O2/c1-5-19-11(6-12(16)17-19)13-9-7-18(8-10(9)13)14(20)21-15(2,3)4/h6,9-10,13H,5,7-8H2,1-4H3. The molecule has 2 atom stereocenters. The molecule has 0 radical (unpaired) electrons. The first-order valence-corrected chi connectivity index (χ1v) is 8.59. The smallest absolute Gasteiger partial charge is 0.410 e. The van der Waals surface area contributed by atoms with E-state index in [9.17, 15) is 4.79 Å². The van der Waals surface area contributed by atoms with Crippen LogP contribution in [-0.4, -0.2) is 39.5 Å². The van der Waals surface area contributed by atoms with E-state index in [1.165, 1.54) is 5.69 Å². The van der Waals surface area contributed by atoms with Gasteiger partial charge in [-0.1, -0.05) is 0 Å². The molecule has 1 saturated carbocycles. The summed E-state index contributed by atoms with van der Waals surface area (Å²) in [5.74, 6) is 1.73. The van der Waals surface area contributed by atoms with Gasteiger partial charge >= 0.3 is 6.09 Å². The molecule has 5 nitrogen and oxygen atoms in total. The van der Waals surface area contributed by atoms with E-state index in [4.69, 9.17) is 4.74 Å². The van der Waals surface area contributed by atoms with Crippen LogP contribution in [0.1, 0.15) is 39.3 Å². The summed E-state index contributed by atoms with van der Waals surface area (Å²) < 4.78 is 8.60. The third kappa shape index (κ3) is 2.91. The van der Waals surface area contributed by atoms with Gasteiger partial charge < -0.3 is 9.64 Å². The van der Waals surface area contributed by atoms with Gasteiger partial charge in [0.1, 0.15) is 9.30 Å². The zero-order valence-electron chi connectivity index (χ0n) is 13.0. The van der Waals surface area contributed by atoms with Crippen LogP contribution in [0.15, 0.2) is 6.07 Å². The van der Waals surface area contributed by atoms with Crippen LogP contribution in [-0.2, 0) is 11.3 Å². The maximum absolute atomic E-state index is 12.1. The molecule has 0 N–H and O–H groups in total. The Morgan fingerprint density at radius 1 is 1.43 bits per heavy atom. The summed E-state index contributed by atoms with van der Waals surface area (Å²) in [4.78, 5) is 13.9. The van der Waals surface area contributed by atoms with Crippen molar-refractivity contribution in [2.45, 2.75) is 45.8 Å². The lowest BCUT2D eigenvalue weighted by Gasteiger charge is -2.26. The van der Waals surface area contributed by atoms with E-state index in [0.717, 1.165) is 23.3 Å². The Kier molecular flexibility index (Phi) is 3.70. The van der Waals surface area contributed by atoms with Gasteiger partial charge in [0.15, 0.2) is 0 Å². The number of piperidine rings is 1. The number of likely N-dealkylation sites (tertiary alicyclic amines) is 1. The summed E-state index contributed by atoms with van der Waals surface area (Å²) in [6, 6.07) is 2.19. The quantitative estimate of drug-likeness (QED) is 0.714. The molecule has 116 valence electrons. The minimum absolute atomic E-state index is 0.174. The Morgan fingerprint density at radius 3 is 2.57 bits per heavy atom. The minimum atomic E-state index is -0.416. The van der Waals surface area contributed by atoms with Gasteiger partial charge in [0, 0.05) is 31.2 Å². The van der Waals surface area contributed by atoms with Crippen LogP contribution in [0.3, 0.4) is 0 Å². The molecule has 2 aliphatic rings. The van der Waals surface area contributed by atoms with Crippen LogP contribution < -0.4 is 0 Å². The zero-order valence-corrected chi connectivity index (χ0v) is 15.1. The number of fused-ring (bicyclic) bond motifs is 1. The molecule has 6 heteroatoms. The molecule has 2 fully saturated rings. The fraction of sp³-hybridized carbons (Fsp3) is 0.733. The second-order valence-electron chi connectivity index (χ2n) is 6.95. The van der Waals surface area contributed by atoms with Crippen LogP contribution >= 0.6 is 22.6 Å². The first-order chi connectivity index (χ1) is 9.80. The lowest BCUT2D eigenvalue weighted by Crippen LogP contribution is -2.37. The van der Waals surface area contributed by atoms with Gasteiger partial charge in [-0.2, -0.15) is 5.10 Å². The molecule has 0 bridgehead atoms. The van der Waals surface area contributed by atoms with Crippen molar-refractivity contribution in [3.63, 3.8) is 0 Å². The maximum atomic E-state index is 12.1. The van der Waals surface area contributed by atoms with E-state index < -0.39 is 5.60 Å². The number of ether oxygens (including phenoxy) is 1. The van der Waals surface area contributed by atoms with Gasteiger partial charge in [-0.3, -0.25) is 4.68 Å². The molecule has 1 aliphatic carbocycles. The minimum Gasteiger partial charge on any atom is -0.444 e. The number of hydrogen-bond donors (Lipinski definition) is 0. The monoisotopic (exact) mass is 403 g/mol. The number of halogens is 1. The van der Waals surface area contributed by atoms with Gasteiger partial charge in [0.05, 0.1) is 0 Å². The summed E-state index contributed by atoms with van der Waals surface area (Å²) in [7, 11) is 0. The number of carbonyl (C=O) groups is 1. The molecule has 1 aliphatic heterocycles. The third-order valence-electron chi connectivity index (χ3n) is 4.27. The molecule has 0 spiro atoms. The average Bonchev–Trinajstić information content (AvgIpc) is 2.75. The largest absolute Gasteiger partial charge is 0.444 e. The van der Waals surface area contributed by atoms with E-state index in [1.54, 1.807) is 0 Å². The summed E-state index contributed by atoms with van der Waals surface area (Å²) in [5, 5.41) is 4.52. The molecular formula is C15H22IN3O2. The number of hydrogen-bond acceptors (Lipinski definition) is 3. The summed E-state index contributed by atoms with van der Waals surface area (Å²) in [6.07, 6.45) is -0.174. The number of nitrogens with zero attached hydrogens (tertiary/aromatic N) is 3. The SMILES string of the molecule is CCn1nc(I)cc1C1C2CN(C(=O)OC(C)(C)C)CC21. The normalized spacial score (nSPS) is 27.7. The third-order valence-corrected chi connectivity index (χ3v) is 4.80. The molecule has 21 heavy (non-hydrogen) atoms. The topological polar surface area (TPSA) is 47.4 Å². The lowest BCUT2D eigenvalue weighted by atomic mass is 10.2. The Morgan fingerprint density at radius 2 is 2.05 bits per heavy atom. The van der Waals surface area contributed by atoms with Gasteiger partial charge in [-0.05, 0) is 68.2 Å². The van der Waals surface area contributed by atoms with Crippen molar-refractivity contribution >= 4 is 28.7 Å². The molecule has 0 aromatic carbocycles. The highest BCUT2D eigenvalue weighted by Gasteiger charge is 2.58. The summed E-state index contributed by atoms with van der Waals surface area (Å²) in [5.41, 5.74) is 0.918. The fourth-order valence-corrected chi connectivity index (χ4v) is 3.94. The number of carbonyl (C=O) groups excluding carboxylic acids is 1. The number of aromatic nitrogens is 2. The molecule has 2 unspecified atom stereocenters. The van der Waals surface area contributed by atoms with Crippen LogP contribution in [0.2, 0.25) is 0 Å². The van der Waals surface area contributed by atoms with Gasteiger partial charge in [-0.25, -0.2) is 4.79 Å². The van der Waals surface area contributed by atoms with Crippen molar-refractivity contribution in [1.82, 2.24) is 14.7 Å². The van der Waals surface area contributed by atoms with Crippen molar-refractivity contribution in [1.29, 1.82) is 0 Å². The number of aryl methyl sites for hydroxylation is 1. The lowest BCUT2D eigenvalue weighted by molar-refractivity contribution is 0.0270. The Hall–Kier alpha value is -0.790. The highest BCUT2D eigenvalue weighted by Crippen LogP contribution is 2.58. The second-order valence-corrected chi connectivity index (χ2v) is 8.05. The predicted octanol–water partition coefficient (Wildman–Crippen LogP) is 3.09. The van der Waals surface area contributed by atoms with Gasteiger partial charge in [-0.15, -0.1) is 0 Å². The predicted molar refractivity (Wildman–Crippen MR) is 88.1 cm³/mol. The van der Waals surface area contributed by atoms with E-state index in [2.05, 4.69) is 45.4 Å². The van der Waals surface area contributed by atoms with Crippen LogP contribution in [0, 0.1) is 15.5 Å². The van der Waals surface area contributed by atoms with Crippen LogP contribution in [0.25, 0.3) is 0 Å². The number of amides is 1. The van der Waals surface area contributed by atoms with Gasteiger partial charge in [0.2, 0.25) is 0 Å². The van der Waals surface area contributed by atoms with Crippen molar-refractivity contribution in [3.8, 4) is 0 Å². The Bertz CT molecular complexity index is 552. The molecule has 1 amide bonds. The molecular weight excluding hydrogens is 381 g/mol. The van der Waals surface area contributed by atoms with Crippen molar-refractivity contribution < 1.29 is 9.53 Å². The highest BCUT2D eigenvalue weighted by molar-refractivity contribution is 14.1. The molecule has 3 rings (SSSR count). The van der Waals surface area contributed by atoms with Gasteiger partial charge in [0.25, 0.3) is 0 Å². The average molecular weight is 403 g/mol. The van der Waals surface area contributed by atoms with Crippen LogP contribution in [0.5, 0.6) is 0 Å². The molecule has 1 aromatic rings. The molecule has 1 saturated heterocycles. The van der Waals surface area contributed by atoms with E-state index >= 15 is 0 Å². The first kappa shape index (κ1) is 15.1. The maximum Gasteiger partial charge on any atom is 0.410 e. The molecule has 1 aromatic heterocycles. The number of rotatable bonds is 2. The fourth-order valence-electron chi connectivity index (χ4n) is 3.36. The van der Waals surface area contributed by atoms with E-state index in [0.29, 0.717) is 17.8 Å². The van der Waals surface area contributed by atoms with Crippen molar-refractivity contribution in [2.75, 3.05) is 13.1 Å². The van der Waals surface area contributed by atoms with Crippen LogP contribution in [0.4, 0.5) is 4.79 Å². The molecule has 2 heterocycles. The zero-order chi connectivity index (χ0) is 15.4. The second kappa shape index (κ2) is 5.14. The Balaban J connectivity index is 1.62. The van der Waals surface area contributed by atoms with E-state index in [1.807, 2.05) is 25.7 Å². The summed E-state index contributed by atoms with van der Waals surface area (Å²) >= 11 is 2.27.